The van der Waals surface area contributed by atoms with Crippen molar-refractivity contribution in [2.24, 2.45) is 0 Å². The van der Waals surface area contributed by atoms with Gasteiger partial charge in [0.1, 0.15) is 17.2 Å². The van der Waals surface area contributed by atoms with Crippen molar-refractivity contribution in [2.75, 3.05) is 31.5 Å². The van der Waals surface area contributed by atoms with Gasteiger partial charge in [-0.15, -0.1) is 0 Å². The normalized spacial score (nSPS) is 14.0. The van der Waals surface area contributed by atoms with Crippen LogP contribution in [0.2, 0.25) is 0 Å². The first kappa shape index (κ1) is 22.4. The molecule has 1 aliphatic rings. The Kier molecular flexibility index (Phi) is 6.40. The van der Waals surface area contributed by atoms with Crippen LogP contribution in [-0.4, -0.2) is 46.3 Å². The van der Waals surface area contributed by atoms with Crippen LogP contribution in [0, 0.1) is 6.92 Å². The molecule has 31 heavy (non-hydrogen) atoms. The summed E-state index contributed by atoms with van der Waals surface area (Å²) in [6, 6.07) is 7.82. The lowest BCUT2D eigenvalue weighted by Gasteiger charge is -2.21. The molecule has 2 aromatic carbocycles. The zero-order chi connectivity index (χ0) is 22.8. The van der Waals surface area contributed by atoms with Crippen LogP contribution in [0.3, 0.4) is 0 Å². The van der Waals surface area contributed by atoms with Gasteiger partial charge < -0.3 is 24.8 Å². The van der Waals surface area contributed by atoms with E-state index in [9.17, 15) is 18.0 Å². The van der Waals surface area contributed by atoms with Gasteiger partial charge in [-0.05, 0) is 25.5 Å². The molecule has 1 heterocycles. The number of nitrogens with one attached hydrogen (secondary N) is 2. The Balaban J connectivity index is 1.77. The number of methoxy groups -OCH3 is 2. The summed E-state index contributed by atoms with van der Waals surface area (Å²) in [5.41, 5.74) is 1.30. The van der Waals surface area contributed by atoms with Crippen molar-refractivity contribution < 1.29 is 32.2 Å². The topological polar surface area (TPSA) is 120 Å². The van der Waals surface area contributed by atoms with Crippen LogP contribution in [0.4, 0.5) is 11.4 Å². The molecule has 9 nitrogen and oxygen atoms in total. The lowest BCUT2D eigenvalue weighted by atomic mass is 10.2. The van der Waals surface area contributed by atoms with E-state index >= 15 is 0 Å². The lowest BCUT2D eigenvalue weighted by Crippen LogP contribution is -2.27. The number of hydrogen-bond donors (Lipinski definition) is 2. The molecule has 0 bridgehead atoms. The first-order valence-corrected chi connectivity index (χ1v) is 11.0. The second kappa shape index (κ2) is 8.84. The average Bonchev–Trinajstić information content (AvgIpc) is 2.72. The second-order valence-corrected chi connectivity index (χ2v) is 9.49. The summed E-state index contributed by atoms with van der Waals surface area (Å²) in [6.07, 6.45) is -0.254. The van der Waals surface area contributed by atoms with Crippen LogP contribution >= 0.6 is 0 Å². The Morgan fingerprint density at radius 3 is 2.42 bits per heavy atom. The molecule has 2 aromatic rings. The molecule has 166 valence electrons. The molecule has 3 rings (SSSR count). The minimum atomic E-state index is -3.83. The van der Waals surface area contributed by atoms with Crippen molar-refractivity contribution >= 4 is 33.0 Å². The second-order valence-electron chi connectivity index (χ2n) is 7.16. The van der Waals surface area contributed by atoms with Crippen molar-refractivity contribution in [3.8, 4) is 17.2 Å². The summed E-state index contributed by atoms with van der Waals surface area (Å²) >= 11 is 0. The van der Waals surface area contributed by atoms with Gasteiger partial charge in [0.2, 0.25) is 5.91 Å². The quantitative estimate of drug-likeness (QED) is 0.668. The van der Waals surface area contributed by atoms with Crippen LogP contribution in [-0.2, 0) is 19.4 Å². The number of carbonyl (C=O) groups is 2. The zero-order valence-electron chi connectivity index (χ0n) is 17.6. The molecule has 0 fully saturated rings. The SMILES string of the molecule is COc1cc(NC(=O)C[C@@H](C)S(=O)(=O)c2cc3c(cc2C)NC(=O)CO3)cc(OC)c1. The summed E-state index contributed by atoms with van der Waals surface area (Å²) in [5, 5.41) is 4.33. The number of hydrogen-bond acceptors (Lipinski definition) is 7. The van der Waals surface area contributed by atoms with E-state index in [0.717, 1.165) is 0 Å². The minimum Gasteiger partial charge on any atom is -0.497 e. The molecule has 0 spiro atoms. The maximum absolute atomic E-state index is 13.1. The molecule has 0 saturated carbocycles. The van der Waals surface area contributed by atoms with Crippen LogP contribution in [0.15, 0.2) is 35.2 Å². The van der Waals surface area contributed by atoms with E-state index in [2.05, 4.69) is 10.6 Å². The summed E-state index contributed by atoms with van der Waals surface area (Å²) in [6.45, 7) is 2.92. The summed E-state index contributed by atoms with van der Waals surface area (Å²) in [4.78, 5) is 24.0. The third-order valence-corrected chi connectivity index (χ3v) is 7.13. The highest BCUT2D eigenvalue weighted by Crippen LogP contribution is 2.34. The van der Waals surface area contributed by atoms with E-state index in [-0.39, 0.29) is 29.6 Å². The molecule has 0 saturated heterocycles. The van der Waals surface area contributed by atoms with E-state index in [1.807, 2.05) is 0 Å². The van der Waals surface area contributed by atoms with Gasteiger partial charge in [-0.25, -0.2) is 8.42 Å². The molecular weight excluding hydrogens is 424 g/mol. The van der Waals surface area contributed by atoms with Crippen LogP contribution in [0.5, 0.6) is 17.2 Å². The molecule has 1 atom stereocenters. The summed E-state index contributed by atoms with van der Waals surface area (Å²) in [7, 11) is -0.850. The zero-order valence-corrected chi connectivity index (χ0v) is 18.5. The van der Waals surface area contributed by atoms with E-state index in [4.69, 9.17) is 14.2 Å². The van der Waals surface area contributed by atoms with Crippen LogP contribution < -0.4 is 24.8 Å². The molecule has 0 aliphatic carbocycles. The first-order valence-electron chi connectivity index (χ1n) is 9.48. The molecule has 0 radical (unpaired) electrons. The fourth-order valence-electron chi connectivity index (χ4n) is 3.20. The van der Waals surface area contributed by atoms with Gasteiger partial charge in [0, 0.05) is 36.4 Å². The van der Waals surface area contributed by atoms with Crippen molar-refractivity contribution in [1.29, 1.82) is 0 Å². The molecular formula is C21H24N2O7S. The Labute approximate surface area is 180 Å². The summed E-state index contributed by atoms with van der Waals surface area (Å²) in [5.74, 6) is 0.496. The third kappa shape index (κ3) is 4.91. The van der Waals surface area contributed by atoms with E-state index < -0.39 is 21.0 Å². The lowest BCUT2D eigenvalue weighted by molar-refractivity contribution is -0.118. The average molecular weight is 448 g/mol. The largest absolute Gasteiger partial charge is 0.497 e. The number of benzene rings is 2. The Morgan fingerprint density at radius 1 is 1.16 bits per heavy atom. The van der Waals surface area contributed by atoms with Gasteiger partial charge in [-0.3, -0.25) is 9.59 Å². The van der Waals surface area contributed by atoms with Crippen LogP contribution in [0.1, 0.15) is 18.9 Å². The van der Waals surface area contributed by atoms with Crippen LogP contribution in [0.25, 0.3) is 0 Å². The van der Waals surface area contributed by atoms with Crippen molar-refractivity contribution in [2.45, 2.75) is 30.4 Å². The highest BCUT2D eigenvalue weighted by atomic mass is 32.2. The molecule has 1 aliphatic heterocycles. The van der Waals surface area contributed by atoms with Gasteiger partial charge in [-0.2, -0.15) is 0 Å². The van der Waals surface area contributed by atoms with Crippen molar-refractivity contribution in [1.82, 2.24) is 0 Å². The van der Waals surface area contributed by atoms with Gasteiger partial charge in [0.15, 0.2) is 16.4 Å². The van der Waals surface area contributed by atoms with E-state index in [1.165, 1.54) is 27.2 Å². The standard InChI is InChI=1S/C21H24N2O7S/c1-12-5-17-18(30-11-21(25)23-17)10-19(12)31(26,27)13(2)6-20(24)22-14-7-15(28-3)9-16(8-14)29-4/h5,7-10,13H,6,11H2,1-4H3,(H,22,24)(H,23,25)/t13-/m1/s1. The number of ether oxygens (including phenoxy) is 3. The highest BCUT2D eigenvalue weighted by Gasteiger charge is 2.29. The number of aryl methyl sites for hydroxylation is 1. The third-order valence-electron chi connectivity index (χ3n) is 4.85. The molecule has 10 heteroatoms. The summed E-state index contributed by atoms with van der Waals surface area (Å²) < 4.78 is 41.9. The van der Waals surface area contributed by atoms with Gasteiger partial charge in [0.25, 0.3) is 5.91 Å². The fraction of sp³-hybridized carbons (Fsp3) is 0.333. The maximum Gasteiger partial charge on any atom is 0.262 e. The van der Waals surface area contributed by atoms with E-state index in [1.54, 1.807) is 31.2 Å². The Hall–Kier alpha value is -3.27. The number of carbonyl (C=O) groups excluding carboxylic acids is 2. The Bertz CT molecular complexity index is 1110. The molecule has 0 aromatic heterocycles. The smallest absolute Gasteiger partial charge is 0.262 e. The van der Waals surface area contributed by atoms with Gasteiger partial charge in [-0.1, -0.05) is 0 Å². The van der Waals surface area contributed by atoms with Gasteiger partial charge in [0.05, 0.1) is 30.1 Å². The number of rotatable bonds is 7. The molecule has 2 N–H and O–H groups in total. The maximum atomic E-state index is 13.1. The monoisotopic (exact) mass is 448 g/mol. The number of sulfone groups is 1. The van der Waals surface area contributed by atoms with E-state index in [0.29, 0.717) is 28.4 Å². The first-order chi connectivity index (χ1) is 14.6. The minimum absolute atomic E-state index is 0.0609. The molecule has 0 unspecified atom stereocenters. The number of amides is 2. The highest BCUT2D eigenvalue weighted by molar-refractivity contribution is 7.92. The predicted molar refractivity (Wildman–Crippen MR) is 115 cm³/mol. The number of fused-ring (bicyclic) bond motifs is 1. The molecule has 2 amide bonds. The van der Waals surface area contributed by atoms with Crippen molar-refractivity contribution in [3.05, 3.63) is 35.9 Å². The number of anilines is 2. The van der Waals surface area contributed by atoms with Gasteiger partial charge >= 0.3 is 0 Å². The fourth-order valence-corrected chi connectivity index (χ4v) is 4.79. The van der Waals surface area contributed by atoms with Crippen molar-refractivity contribution in [3.63, 3.8) is 0 Å². The Morgan fingerprint density at radius 2 is 1.81 bits per heavy atom. The predicted octanol–water partition coefficient (Wildman–Crippen LogP) is 2.53.